The van der Waals surface area contributed by atoms with Gasteiger partial charge in [0, 0.05) is 9.92 Å². The first-order valence-electron chi connectivity index (χ1n) is 5.60. The first kappa shape index (κ1) is 12.3. The van der Waals surface area contributed by atoms with Crippen molar-refractivity contribution >= 4 is 34.4 Å². The molecule has 94 valence electrons. The molecule has 2 aromatic carbocycles. The van der Waals surface area contributed by atoms with Crippen LogP contribution in [-0.4, -0.2) is 15.1 Å². The van der Waals surface area contributed by atoms with Gasteiger partial charge in [-0.1, -0.05) is 23.4 Å². The number of phenols is 1. The van der Waals surface area contributed by atoms with E-state index in [1.807, 2.05) is 18.2 Å². The summed E-state index contributed by atoms with van der Waals surface area (Å²) in [5.74, 6) is 0.253. The molecule has 0 unspecified atom stereocenters. The monoisotopic (exact) mass is 288 g/mol. The van der Waals surface area contributed by atoms with Crippen molar-refractivity contribution in [3.8, 4) is 5.75 Å². The van der Waals surface area contributed by atoms with Crippen LogP contribution in [0, 0.1) is 0 Å². The molecule has 0 aliphatic heterocycles. The average Bonchev–Trinajstić information content (AvgIpc) is 2.42. The van der Waals surface area contributed by atoms with Crippen LogP contribution in [0.15, 0.2) is 58.6 Å². The number of hydrogen-bond acceptors (Lipinski definition) is 4. The van der Waals surface area contributed by atoms with Gasteiger partial charge in [0.15, 0.2) is 0 Å². The minimum absolute atomic E-state index is 0.253. The molecule has 3 rings (SSSR count). The van der Waals surface area contributed by atoms with Gasteiger partial charge in [-0.25, -0.2) is 4.98 Å². The SMILES string of the molecule is Oc1ccc(Sc2cnc3cc(Cl)ccc3n2)cc1. The number of rotatable bonds is 2. The molecule has 3 aromatic rings. The van der Waals surface area contributed by atoms with Gasteiger partial charge in [-0.2, -0.15) is 0 Å². The van der Waals surface area contributed by atoms with Crippen molar-refractivity contribution in [1.29, 1.82) is 0 Å². The van der Waals surface area contributed by atoms with Gasteiger partial charge in [0.1, 0.15) is 10.8 Å². The van der Waals surface area contributed by atoms with E-state index in [0.29, 0.717) is 5.02 Å². The summed E-state index contributed by atoms with van der Waals surface area (Å²) >= 11 is 7.40. The van der Waals surface area contributed by atoms with E-state index in [4.69, 9.17) is 11.6 Å². The van der Waals surface area contributed by atoms with Crippen molar-refractivity contribution < 1.29 is 5.11 Å². The lowest BCUT2D eigenvalue weighted by molar-refractivity contribution is 0.475. The first-order chi connectivity index (χ1) is 9.20. The van der Waals surface area contributed by atoms with E-state index in [9.17, 15) is 5.11 Å². The van der Waals surface area contributed by atoms with Gasteiger partial charge < -0.3 is 5.11 Å². The summed E-state index contributed by atoms with van der Waals surface area (Å²) in [5.41, 5.74) is 1.59. The molecular formula is C14H9ClN2OS. The van der Waals surface area contributed by atoms with Crippen molar-refractivity contribution in [1.82, 2.24) is 9.97 Å². The minimum Gasteiger partial charge on any atom is -0.508 e. The van der Waals surface area contributed by atoms with Crippen molar-refractivity contribution in [2.24, 2.45) is 0 Å². The molecule has 1 N–H and O–H groups in total. The Morgan fingerprint density at radius 1 is 1.00 bits per heavy atom. The van der Waals surface area contributed by atoms with E-state index in [1.165, 1.54) is 11.8 Å². The van der Waals surface area contributed by atoms with Gasteiger partial charge in [0.05, 0.1) is 17.2 Å². The van der Waals surface area contributed by atoms with Gasteiger partial charge in [0.25, 0.3) is 0 Å². The van der Waals surface area contributed by atoms with Crippen molar-refractivity contribution in [3.05, 3.63) is 53.7 Å². The van der Waals surface area contributed by atoms with Crippen LogP contribution in [-0.2, 0) is 0 Å². The minimum atomic E-state index is 0.253. The maximum absolute atomic E-state index is 9.24. The molecule has 1 aromatic heterocycles. The summed E-state index contributed by atoms with van der Waals surface area (Å²) < 4.78 is 0. The second-order valence-electron chi connectivity index (χ2n) is 3.94. The smallest absolute Gasteiger partial charge is 0.120 e. The van der Waals surface area contributed by atoms with Crippen LogP contribution < -0.4 is 0 Å². The zero-order valence-corrected chi connectivity index (χ0v) is 11.3. The first-order valence-corrected chi connectivity index (χ1v) is 6.79. The number of aromatic nitrogens is 2. The fourth-order valence-electron chi connectivity index (χ4n) is 1.65. The molecule has 0 fully saturated rings. The second-order valence-corrected chi connectivity index (χ2v) is 5.47. The molecule has 1 heterocycles. The van der Waals surface area contributed by atoms with E-state index in [-0.39, 0.29) is 5.75 Å². The Labute approximate surface area is 119 Å². The van der Waals surface area contributed by atoms with E-state index in [1.54, 1.807) is 30.5 Å². The highest BCUT2D eigenvalue weighted by atomic mass is 35.5. The van der Waals surface area contributed by atoms with Crippen LogP contribution in [0.5, 0.6) is 5.75 Å². The summed E-state index contributed by atoms with van der Waals surface area (Å²) in [4.78, 5) is 9.85. The van der Waals surface area contributed by atoms with Gasteiger partial charge in [-0.15, -0.1) is 0 Å². The highest BCUT2D eigenvalue weighted by Gasteiger charge is 2.03. The lowest BCUT2D eigenvalue weighted by Crippen LogP contribution is -1.86. The molecule has 0 atom stereocenters. The lowest BCUT2D eigenvalue weighted by Gasteiger charge is -2.03. The third-order valence-electron chi connectivity index (χ3n) is 2.54. The highest BCUT2D eigenvalue weighted by Crippen LogP contribution is 2.28. The Balaban J connectivity index is 1.93. The third kappa shape index (κ3) is 2.80. The summed E-state index contributed by atoms with van der Waals surface area (Å²) in [5, 5.41) is 10.7. The number of phenolic OH excluding ortho intramolecular Hbond substituents is 1. The number of benzene rings is 2. The zero-order valence-electron chi connectivity index (χ0n) is 9.75. The van der Waals surface area contributed by atoms with Crippen molar-refractivity contribution in [2.75, 3.05) is 0 Å². The second kappa shape index (κ2) is 5.07. The number of fused-ring (bicyclic) bond motifs is 1. The van der Waals surface area contributed by atoms with Gasteiger partial charge >= 0.3 is 0 Å². The molecule has 0 saturated carbocycles. The Hall–Kier alpha value is -1.78. The number of halogens is 1. The summed E-state index contributed by atoms with van der Waals surface area (Å²) in [7, 11) is 0. The molecule has 0 bridgehead atoms. The summed E-state index contributed by atoms with van der Waals surface area (Å²) in [6, 6.07) is 12.4. The van der Waals surface area contributed by atoms with Crippen LogP contribution >= 0.6 is 23.4 Å². The highest BCUT2D eigenvalue weighted by molar-refractivity contribution is 7.99. The largest absolute Gasteiger partial charge is 0.508 e. The van der Waals surface area contributed by atoms with Crippen LogP contribution in [0.25, 0.3) is 11.0 Å². The fourth-order valence-corrected chi connectivity index (χ4v) is 2.58. The lowest BCUT2D eigenvalue weighted by atomic mass is 10.3. The normalized spacial score (nSPS) is 10.8. The van der Waals surface area contributed by atoms with Gasteiger partial charge in [-0.05, 0) is 42.5 Å². The van der Waals surface area contributed by atoms with Crippen LogP contribution in [0.2, 0.25) is 5.02 Å². The van der Waals surface area contributed by atoms with Crippen LogP contribution in [0.3, 0.4) is 0 Å². The number of hydrogen-bond donors (Lipinski definition) is 1. The summed E-state index contributed by atoms with van der Waals surface area (Å²) in [6.45, 7) is 0. The maximum Gasteiger partial charge on any atom is 0.120 e. The molecule has 0 spiro atoms. The average molecular weight is 289 g/mol. The van der Waals surface area contributed by atoms with E-state index in [2.05, 4.69) is 9.97 Å². The molecule has 0 aliphatic rings. The molecule has 3 nitrogen and oxygen atoms in total. The Kier molecular flexibility index (Phi) is 3.27. The standard InChI is InChI=1S/C14H9ClN2OS/c15-9-1-6-12-13(7-9)16-8-14(17-12)19-11-4-2-10(18)3-5-11/h1-8,18H. The molecular weight excluding hydrogens is 280 g/mol. The van der Waals surface area contributed by atoms with Crippen LogP contribution in [0.4, 0.5) is 0 Å². The molecule has 0 saturated heterocycles. The number of aromatic hydroxyl groups is 1. The van der Waals surface area contributed by atoms with Gasteiger partial charge in [0.2, 0.25) is 0 Å². The number of nitrogens with zero attached hydrogens (tertiary/aromatic N) is 2. The maximum atomic E-state index is 9.24. The molecule has 0 aliphatic carbocycles. The van der Waals surface area contributed by atoms with Gasteiger partial charge in [-0.3, -0.25) is 4.98 Å². The summed E-state index contributed by atoms with van der Waals surface area (Å²) in [6.07, 6.45) is 1.72. The third-order valence-corrected chi connectivity index (χ3v) is 3.69. The zero-order chi connectivity index (χ0) is 13.2. The Morgan fingerprint density at radius 2 is 1.79 bits per heavy atom. The Bertz CT molecular complexity index is 731. The van der Waals surface area contributed by atoms with E-state index >= 15 is 0 Å². The molecule has 0 amide bonds. The quantitative estimate of drug-likeness (QED) is 0.770. The van der Waals surface area contributed by atoms with Crippen molar-refractivity contribution in [3.63, 3.8) is 0 Å². The fraction of sp³-hybridized carbons (Fsp3) is 0. The van der Waals surface area contributed by atoms with E-state index < -0.39 is 0 Å². The predicted molar refractivity (Wildman–Crippen MR) is 76.8 cm³/mol. The molecule has 5 heteroatoms. The van der Waals surface area contributed by atoms with E-state index in [0.717, 1.165) is 21.0 Å². The molecule has 0 radical (unpaired) electrons. The van der Waals surface area contributed by atoms with Crippen molar-refractivity contribution in [2.45, 2.75) is 9.92 Å². The van der Waals surface area contributed by atoms with Crippen LogP contribution in [0.1, 0.15) is 0 Å². The molecule has 19 heavy (non-hydrogen) atoms. The predicted octanol–water partition coefficient (Wildman–Crippen LogP) is 4.14. The topological polar surface area (TPSA) is 46.0 Å². The Morgan fingerprint density at radius 3 is 2.58 bits per heavy atom.